The van der Waals surface area contributed by atoms with Crippen molar-refractivity contribution in [2.45, 2.75) is 82.5 Å². The first kappa shape index (κ1) is 31.2. The van der Waals surface area contributed by atoms with E-state index in [4.69, 9.17) is 19.0 Å². The second kappa shape index (κ2) is 11.8. The van der Waals surface area contributed by atoms with Crippen LogP contribution in [0.1, 0.15) is 50.8 Å². The van der Waals surface area contributed by atoms with E-state index < -0.39 is 36.6 Å². The molecule has 0 bridgehead atoms. The number of amides is 1. The number of carbonyl (C=O) groups is 1. The molecule has 0 spiro atoms. The molecule has 1 aromatic heterocycles. The number of rotatable bonds is 10. The topological polar surface area (TPSA) is 166 Å². The summed E-state index contributed by atoms with van der Waals surface area (Å²) in [6.45, 7) is 10.2. The fourth-order valence-corrected chi connectivity index (χ4v) is 7.31. The van der Waals surface area contributed by atoms with Crippen molar-refractivity contribution >= 4 is 30.4 Å². The van der Waals surface area contributed by atoms with E-state index in [9.17, 15) is 18.3 Å². The number of hydrogen-bond donors (Lipinski definition) is 3. The normalized spacial score (nSPS) is 24.6. The number of aromatic nitrogens is 2. The average Bonchev–Trinajstić information content (AvgIpc) is 3.40. The highest BCUT2D eigenvalue weighted by atomic mass is 32.2. The Hall–Kier alpha value is -2.78. The number of benzene rings is 1. The van der Waals surface area contributed by atoms with E-state index in [0.29, 0.717) is 24.5 Å². The zero-order valence-corrected chi connectivity index (χ0v) is 26.2. The van der Waals surface area contributed by atoms with Crippen LogP contribution in [-0.2, 0) is 25.8 Å². The molecule has 2 aliphatic rings. The molecule has 0 radical (unpaired) electrons. The summed E-state index contributed by atoms with van der Waals surface area (Å²) >= 11 is 0. The van der Waals surface area contributed by atoms with Gasteiger partial charge in [-0.15, -0.1) is 0 Å². The molecular formula is C27H41N5O7SSi. The molecule has 1 aromatic carbocycles. The van der Waals surface area contributed by atoms with Gasteiger partial charge in [0.1, 0.15) is 18.2 Å². The molecule has 4 rings (SSSR count). The highest BCUT2D eigenvalue weighted by molar-refractivity contribution is 7.87. The molecular weight excluding hydrogens is 566 g/mol. The van der Waals surface area contributed by atoms with E-state index in [0.717, 1.165) is 12.0 Å². The van der Waals surface area contributed by atoms with Crippen molar-refractivity contribution in [1.29, 1.82) is 0 Å². The molecule has 1 saturated carbocycles. The zero-order valence-electron chi connectivity index (χ0n) is 24.4. The van der Waals surface area contributed by atoms with Gasteiger partial charge in [-0.05, 0) is 35.7 Å². The van der Waals surface area contributed by atoms with Gasteiger partial charge in [0.15, 0.2) is 8.32 Å². The minimum absolute atomic E-state index is 0.0495. The Kier molecular flexibility index (Phi) is 9.00. The van der Waals surface area contributed by atoms with Gasteiger partial charge in [0, 0.05) is 38.5 Å². The van der Waals surface area contributed by atoms with E-state index in [1.54, 1.807) is 13.2 Å². The molecule has 2 aliphatic carbocycles. The first-order valence-electron chi connectivity index (χ1n) is 13.7. The number of fused-ring (bicyclic) bond motifs is 1. The highest BCUT2D eigenvalue weighted by Crippen LogP contribution is 2.42. The first-order valence-corrected chi connectivity index (χ1v) is 18.1. The van der Waals surface area contributed by atoms with Crippen LogP contribution in [0.15, 0.2) is 36.7 Å². The maximum Gasteiger partial charge on any atom is 0.422 e. The van der Waals surface area contributed by atoms with Gasteiger partial charge >= 0.3 is 16.3 Å². The lowest BCUT2D eigenvalue weighted by molar-refractivity contribution is 0.0959. The molecule has 0 saturated heterocycles. The summed E-state index contributed by atoms with van der Waals surface area (Å²) in [5, 5.41) is 18.1. The van der Waals surface area contributed by atoms with Crippen molar-refractivity contribution in [2.24, 2.45) is 11.1 Å². The molecule has 226 valence electrons. The van der Waals surface area contributed by atoms with Gasteiger partial charge in [-0.3, -0.25) is 0 Å². The number of methoxy groups -OCH3 is 1. The van der Waals surface area contributed by atoms with Crippen LogP contribution in [0.25, 0.3) is 0 Å². The van der Waals surface area contributed by atoms with Crippen LogP contribution < -0.4 is 15.2 Å². The van der Waals surface area contributed by atoms with E-state index in [2.05, 4.69) is 61.3 Å². The number of nitrogens with zero attached hydrogens (tertiary/aromatic N) is 3. The van der Waals surface area contributed by atoms with Gasteiger partial charge < -0.3 is 24.3 Å². The summed E-state index contributed by atoms with van der Waals surface area (Å²) in [6, 6.07) is 9.82. The molecule has 12 nitrogen and oxygen atoms in total. The Morgan fingerprint density at radius 3 is 2.54 bits per heavy atom. The summed E-state index contributed by atoms with van der Waals surface area (Å²) in [6.07, 6.45) is 0.558. The third-order valence-electron chi connectivity index (χ3n) is 8.48. The van der Waals surface area contributed by atoms with Crippen molar-refractivity contribution in [3.05, 3.63) is 47.8 Å². The van der Waals surface area contributed by atoms with Crippen LogP contribution in [0.4, 0.5) is 10.6 Å². The summed E-state index contributed by atoms with van der Waals surface area (Å²) < 4.78 is 42.9. The molecule has 1 heterocycles. The molecule has 0 aliphatic heterocycles. The lowest BCUT2D eigenvalue weighted by Crippen LogP contribution is -2.48. The van der Waals surface area contributed by atoms with Crippen molar-refractivity contribution in [3.63, 3.8) is 0 Å². The number of carboxylic acid groups (broad SMARTS) is 1. The van der Waals surface area contributed by atoms with Gasteiger partial charge in [0.05, 0.1) is 18.2 Å². The van der Waals surface area contributed by atoms with Gasteiger partial charge in [0.25, 0.3) is 0 Å². The van der Waals surface area contributed by atoms with Crippen molar-refractivity contribution < 1.29 is 32.2 Å². The Morgan fingerprint density at radius 1 is 1.20 bits per heavy atom. The minimum atomic E-state index is -4.46. The van der Waals surface area contributed by atoms with Crippen molar-refractivity contribution in [2.75, 3.05) is 19.0 Å². The van der Waals surface area contributed by atoms with Crippen LogP contribution >= 0.6 is 0 Å². The first-order chi connectivity index (χ1) is 19.1. The Labute approximate surface area is 242 Å². The number of anilines is 1. The molecule has 0 unspecified atom stereocenters. The van der Waals surface area contributed by atoms with Crippen molar-refractivity contribution in [1.82, 2.24) is 14.3 Å². The quantitative estimate of drug-likeness (QED) is 0.337. The Balaban J connectivity index is 1.52. The van der Waals surface area contributed by atoms with Crippen LogP contribution in [0.2, 0.25) is 18.1 Å². The molecule has 1 amide bonds. The fourth-order valence-electron chi connectivity index (χ4n) is 5.29. The predicted octanol–water partition coefficient (Wildman–Crippen LogP) is 3.93. The van der Waals surface area contributed by atoms with E-state index in [-0.39, 0.29) is 34.1 Å². The largest absolute Gasteiger partial charge is 0.474 e. The Morgan fingerprint density at radius 2 is 1.90 bits per heavy atom. The lowest BCUT2D eigenvalue weighted by Gasteiger charge is -2.40. The summed E-state index contributed by atoms with van der Waals surface area (Å²) in [7, 11) is -5.04. The SMILES string of the molecule is CO[C@H]1Cc2ccccc2[C@H]1Nc1cc(O[C@@H]2C[C@@H](CN(C(=O)O)S(N)(=O)=O)[C@@H](O[Si](C)(C)C(C)(C)C)C2)ncn1. The number of ether oxygens (including phenoxy) is 2. The lowest BCUT2D eigenvalue weighted by atomic mass is 10.1. The molecule has 4 N–H and O–H groups in total. The molecule has 2 aromatic rings. The third-order valence-corrected chi connectivity index (χ3v) is 13.9. The molecule has 14 heteroatoms. The molecule has 41 heavy (non-hydrogen) atoms. The second-order valence-corrected chi connectivity index (χ2v) is 18.5. The summed E-state index contributed by atoms with van der Waals surface area (Å²) in [5.41, 5.74) is 2.38. The maximum absolute atomic E-state index is 12.0. The number of nitrogens with two attached hydrogens (primary N) is 1. The standard InChI is InChI=1S/C27H41N5O7SSi/c1-27(2,3)41(5,6)39-21-13-19(11-18(21)15-32(26(33)34)40(28,35)36)38-24-14-23(29-16-30-24)31-25-20-10-8-7-9-17(20)12-22(25)37-4/h7-10,14,16,18-19,21-22,25H,11-13,15H2,1-6H3,(H,33,34)(H2,28,35,36)(H,29,30,31)/t18-,19+,21-,22-,25+/m0/s1. The van der Waals surface area contributed by atoms with E-state index >= 15 is 0 Å². The van der Waals surface area contributed by atoms with Crippen molar-refractivity contribution in [3.8, 4) is 5.88 Å². The van der Waals surface area contributed by atoms with Gasteiger partial charge in [-0.25, -0.2) is 19.9 Å². The third kappa shape index (κ3) is 7.17. The van der Waals surface area contributed by atoms with Gasteiger partial charge in [0.2, 0.25) is 5.88 Å². The Bertz CT molecular complexity index is 1350. The number of hydrogen-bond acceptors (Lipinski definition) is 9. The minimum Gasteiger partial charge on any atom is -0.474 e. The molecule has 1 fully saturated rings. The number of nitrogens with one attached hydrogen (secondary N) is 1. The summed E-state index contributed by atoms with van der Waals surface area (Å²) in [4.78, 5) is 20.4. The van der Waals surface area contributed by atoms with E-state index in [1.807, 2.05) is 12.1 Å². The van der Waals surface area contributed by atoms with Crippen LogP contribution in [0.3, 0.4) is 0 Å². The van der Waals surface area contributed by atoms with E-state index in [1.165, 1.54) is 11.9 Å². The van der Waals surface area contributed by atoms with Crippen LogP contribution in [-0.4, -0.2) is 74.2 Å². The van der Waals surface area contributed by atoms with Gasteiger partial charge in [-0.2, -0.15) is 12.7 Å². The molecule has 5 atom stereocenters. The summed E-state index contributed by atoms with van der Waals surface area (Å²) in [5.74, 6) is 0.482. The highest BCUT2D eigenvalue weighted by Gasteiger charge is 2.46. The predicted molar refractivity (Wildman–Crippen MR) is 156 cm³/mol. The van der Waals surface area contributed by atoms with Crippen LogP contribution in [0, 0.1) is 5.92 Å². The zero-order chi connectivity index (χ0) is 30.2. The fraction of sp³-hybridized carbons (Fsp3) is 0.593. The van der Waals surface area contributed by atoms with Gasteiger partial charge in [-0.1, -0.05) is 45.0 Å². The smallest absolute Gasteiger partial charge is 0.422 e. The maximum atomic E-state index is 12.0. The second-order valence-electron chi connectivity index (χ2n) is 12.3. The van der Waals surface area contributed by atoms with Crippen LogP contribution in [0.5, 0.6) is 5.88 Å². The average molecular weight is 608 g/mol. The monoisotopic (exact) mass is 607 g/mol.